The highest BCUT2D eigenvalue weighted by atomic mass is 16.6. The van der Waals surface area contributed by atoms with Crippen LogP contribution in [-0.4, -0.2) is 65.9 Å². The van der Waals surface area contributed by atoms with Gasteiger partial charge < -0.3 is 23.8 Å². The third kappa shape index (κ3) is 4.90. The summed E-state index contributed by atoms with van der Waals surface area (Å²) in [5.41, 5.74) is 0.187. The van der Waals surface area contributed by atoms with E-state index in [1.165, 1.54) is 13.4 Å². The van der Waals surface area contributed by atoms with Crippen LogP contribution in [0.1, 0.15) is 44.1 Å². The molecule has 162 valence electrons. The van der Waals surface area contributed by atoms with Crippen LogP contribution in [0.15, 0.2) is 18.5 Å². The van der Waals surface area contributed by atoms with Gasteiger partial charge in [0, 0.05) is 37.4 Å². The van der Waals surface area contributed by atoms with Crippen LogP contribution in [0.4, 0.5) is 4.79 Å². The maximum Gasteiger partial charge on any atom is 0.410 e. The highest BCUT2D eigenvalue weighted by Crippen LogP contribution is 2.34. The van der Waals surface area contributed by atoms with E-state index in [9.17, 15) is 9.59 Å². The van der Waals surface area contributed by atoms with Crippen molar-refractivity contribution in [2.45, 2.75) is 45.3 Å². The third-order valence-electron chi connectivity index (χ3n) is 4.69. The number of carbonyl (C=O) groups is 2. The van der Waals surface area contributed by atoms with Crippen molar-refractivity contribution in [2.75, 3.05) is 27.3 Å². The zero-order valence-corrected chi connectivity index (χ0v) is 17.9. The average molecular weight is 417 g/mol. The number of nitrogens with zero attached hydrogens (tertiary/aromatic N) is 3. The lowest BCUT2D eigenvalue weighted by Gasteiger charge is -2.33. The number of aromatic nitrogens is 2. The van der Waals surface area contributed by atoms with E-state index in [2.05, 4.69) is 9.97 Å². The minimum Gasteiger partial charge on any atom is -0.493 e. The number of fused-ring (bicyclic) bond motifs is 1. The molecule has 0 aliphatic carbocycles. The molecule has 1 fully saturated rings. The van der Waals surface area contributed by atoms with Crippen molar-refractivity contribution in [1.29, 1.82) is 0 Å². The molecule has 9 heteroatoms. The molecule has 1 aliphatic heterocycles. The first-order valence-corrected chi connectivity index (χ1v) is 9.77. The molecule has 0 spiro atoms. The quantitative estimate of drug-likeness (QED) is 0.699. The van der Waals surface area contributed by atoms with Crippen molar-refractivity contribution in [3.63, 3.8) is 0 Å². The largest absolute Gasteiger partial charge is 0.493 e. The van der Waals surface area contributed by atoms with Gasteiger partial charge >= 0.3 is 12.1 Å². The zero-order valence-electron chi connectivity index (χ0n) is 17.9. The van der Waals surface area contributed by atoms with Gasteiger partial charge in [0.2, 0.25) is 0 Å². The number of ether oxygens (including phenoxy) is 4. The maximum atomic E-state index is 12.2. The summed E-state index contributed by atoms with van der Waals surface area (Å²) in [6, 6.07) is 3.40. The van der Waals surface area contributed by atoms with Gasteiger partial charge in [0.15, 0.2) is 17.2 Å². The molecular formula is C21H27N3O6. The Hall–Kier alpha value is -3.10. The number of benzene rings is 1. The highest BCUT2D eigenvalue weighted by Gasteiger charge is 2.28. The maximum absolute atomic E-state index is 12.2. The Morgan fingerprint density at radius 1 is 1.07 bits per heavy atom. The van der Waals surface area contributed by atoms with E-state index in [-0.39, 0.29) is 17.9 Å². The molecule has 0 N–H and O–H groups in total. The van der Waals surface area contributed by atoms with E-state index >= 15 is 0 Å². The Morgan fingerprint density at radius 3 is 2.37 bits per heavy atom. The molecule has 1 amide bonds. The summed E-state index contributed by atoms with van der Waals surface area (Å²) in [4.78, 5) is 34.2. The Balaban J connectivity index is 1.76. The van der Waals surface area contributed by atoms with Crippen molar-refractivity contribution in [3.05, 3.63) is 24.2 Å². The lowest BCUT2D eigenvalue weighted by atomic mass is 10.1. The van der Waals surface area contributed by atoms with E-state index in [1.807, 2.05) is 20.8 Å². The number of carbonyl (C=O) groups excluding carboxylic acids is 2. The van der Waals surface area contributed by atoms with Crippen molar-refractivity contribution >= 4 is 23.0 Å². The Kier molecular flexibility index (Phi) is 6.28. The topological polar surface area (TPSA) is 100 Å². The molecule has 0 unspecified atom stereocenters. The van der Waals surface area contributed by atoms with E-state index < -0.39 is 11.6 Å². The first-order chi connectivity index (χ1) is 14.2. The molecule has 30 heavy (non-hydrogen) atoms. The normalized spacial score (nSPS) is 15.0. The number of piperidine rings is 1. The van der Waals surface area contributed by atoms with Gasteiger partial charge in [-0.05, 0) is 26.8 Å². The molecule has 2 aromatic rings. The lowest BCUT2D eigenvalue weighted by Crippen LogP contribution is -2.44. The average Bonchev–Trinajstić information content (AvgIpc) is 2.71. The number of rotatable bonds is 4. The molecule has 0 radical (unpaired) electrons. The van der Waals surface area contributed by atoms with Crippen LogP contribution in [0.5, 0.6) is 11.5 Å². The fourth-order valence-corrected chi connectivity index (χ4v) is 3.24. The van der Waals surface area contributed by atoms with Gasteiger partial charge in [0.1, 0.15) is 18.0 Å². The van der Waals surface area contributed by atoms with Crippen LogP contribution in [0.3, 0.4) is 0 Å². The number of hydrogen-bond acceptors (Lipinski definition) is 8. The molecule has 1 aliphatic rings. The van der Waals surface area contributed by atoms with E-state index in [1.54, 1.807) is 24.1 Å². The fraction of sp³-hybridized carbons (Fsp3) is 0.524. The van der Waals surface area contributed by atoms with Gasteiger partial charge in [-0.1, -0.05) is 0 Å². The SMILES string of the molecule is COC(=O)c1ncnc2cc(OC)c(OC3CCN(C(=O)OC(C)(C)C)CC3)cc12. The van der Waals surface area contributed by atoms with Crippen LogP contribution in [0.2, 0.25) is 0 Å². The van der Waals surface area contributed by atoms with Gasteiger partial charge in [-0.25, -0.2) is 19.6 Å². The smallest absolute Gasteiger partial charge is 0.410 e. The van der Waals surface area contributed by atoms with E-state index in [0.717, 1.165) is 0 Å². The molecule has 9 nitrogen and oxygen atoms in total. The predicted octanol–water partition coefficient (Wildman–Crippen LogP) is 3.20. The van der Waals surface area contributed by atoms with Crippen molar-refractivity contribution in [3.8, 4) is 11.5 Å². The molecular weight excluding hydrogens is 390 g/mol. The lowest BCUT2D eigenvalue weighted by molar-refractivity contribution is 0.0124. The Labute approximate surface area is 175 Å². The van der Waals surface area contributed by atoms with Crippen LogP contribution < -0.4 is 9.47 Å². The van der Waals surface area contributed by atoms with E-state index in [0.29, 0.717) is 48.3 Å². The standard InChI is InChI=1S/C21H27N3O6/c1-21(2,3)30-20(26)24-8-6-13(7-9-24)29-17-10-14-15(11-16(17)27-4)22-12-23-18(14)19(25)28-5/h10-13H,6-9H2,1-5H3. The minimum atomic E-state index is -0.552. The van der Waals surface area contributed by atoms with Crippen molar-refractivity contribution < 1.29 is 28.5 Å². The minimum absolute atomic E-state index is 0.110. The first-order valence-electron chi connectivity index (χ1n) is 9.77. The second kappa shape index (κ2) is 8.73. The van der Waals surface area contributed by atoms with E-state index in [4.69, 9.17) is 18.9 Å². The summed E-state index contributed by atoms with van der Waals surface area (Å²) < 4.78 is 21.9. The number of methoxy groups -OCH3 is 2. The number of amides is 1. The fourth-order valence-electron chi connectivity index (χ4n) is 3.24. The second-order valence-corrected chi connectivity index (χ2v) is 8.02. The van der Waals surface area contributed by atoms with Crippen molar-refractivity contribution in [2.24, 2.45) is 0 Å². The van der Waals surface area contributed by atoms with Crippen LogP contribution >= 0.6 is 0 Å². The monoisotopic (exact) mass is 417 g/mol. The second-order valence-electron chi connectivity index (χ2n) is 8.02. The highest BCUT2D eigenvalue weighted by molar-refractivity contribution is 6.02. The zero-order chi connectivity index (χ0) is 21.9. The summed E-state index contributed by atoms with van der Waals surface area (Å²) >= 11 is 0. The summed E-state index contributed by atoms with van der Waals surface area (Å²) in [6.45, 7) is 6.61. The third-order valence-corrected chi connectivity index (χ3v) is 4.69. The van der Waals surface area contributed by atoms with Gasteiger partial charge in [-0.3, -0.25) is 0 Å². The van der Waals surface area contributed by atoms with Crippen LogP contribution in [0.25, 0.3) is 10.9 Å². The van der Waals surface area contributed by atoms with Crippen molar-refractivity contribution in [1.82, 2.24) is 14.9 Å². The van der Waals surface area contributed by atoms with Gasteiger partial charge in [0.05, 0.1) is 19.7 Å². The van der Waals surface area contributed by atoms with Crippen LogP contribution in [-0.2, 0) is 9.47 Å². The molecule has 0 saturated carbocycles. The summed E-state index contributed by atoms with van der Waals surface area (Å²) in [5, 5.41) is 0.520. The Morgan fingerprint density at radius 2 is 1.77 bits per heavy atom. The van der Waals surface area contributed by atoms with Gasteiger partial charge in [-0.2, -0.15) is 0 Å². The summed E-state index contributed by atoms with van der Waals surface area (Å²) in [5.74, 6) is 0.441. The van der Waals surface area contributed by atoms with Gasteiger partial charge in [0.25, 0.3) is 0 Å². The molecule has 1 saturated heterocycles. The molecule has 1 aromatic carbocycles. The number of esters is 1. The molecule has 1 aromatic heterocycles. The first kappa shape index (κ1) is 21.6. The van der Waals surface area contributed by atoms with Crippen LogP contribution in [0, 0.1) is 0 Å². The molecule has 0 atom stereocenters. The summed E-state index contributed by atoms with van der Waals surface area (Å²) in [6.07, 6.45) is 2.18. The summed E-state index contributed by atoms with van der Waals surface area (Å²) in [7, 11) is 2.84. The number of likely N-dealkylation sites (tertiary alicyclic amines) is 1. The van der Waals surface area contributed by atoms with Gasteiger partial charge in [-0.15, -0.1) is 0 Å². The molecule has 3 rings (SSSR count). The predicted molar refractivity (Wildman–Crippen MR) is 109 cm³/mol. The molecule has 2 heterocycles. The Bertz CT molecular complexity index is 932. The molecule has 0 bridgehead atoms. The number of hydrogen-bond donors (Lipinski definition) is 0.